The van der Waals surface area contributed by atoms with Gasteiger partial charge in [0.05, 0.1) is 6.10 Å². The Morgan fingerprint density at radius 1 is 1.05 bits per heavy atom. The zero-order chi connectivity index (χ0) is 14.9. The minimum Gasteiger partial charge on any atom is -0.392 e. The summed E-state index contributed by atoms with van der Waals surface area (Å²) in [5, 5.41) is 11.0. The standard InChI is InChI=1S/C20H30O/c1-15(2)14-20(10-3-4-11-20)19(21)13-16-8-9-17-6-5-7-18(17)12-16/h8-9,12,15,19,21H,3-7,10-11,13-14H2,1-2H3. The molecule has 1 saturated carbocycles. The largest absolute Gasteiger partial charge is 0.392 e. The molecule has 1 fully saturated rings. The Kier molecular flexibility index (Phi) is 4.40. The summed E-state index contributed by atoms with van der Waals surface area (Å²) in [5.74, 6) is 0.678. The molecule has 21 heavy (non-hydrogen) atoms. The van der Waals surface area contributed by atoms with Gasteiger partial charge in [0.25, 0.3) is 0 Å². The summed E-state index contributed by atoms with van der Waals surface area (Å²) in [6, 6.07) is 6.92. The van der Waals surface area contributed by atoms with E-state index in [9.17, 15) is 5.11 Å². The maximum absolute atomic E-state index is 11.0. The fourth-order valence-electron chi connectivity index (χ4n) is 4.76. The molecule has 116 valence electrons. The first-order chi connectivity index (χ1) is 10.1. The van der Waals surface area contributed by atoms with Gasteiger partial charge in [-0.15, -0.1) is 0 Å². The first kappa shape index (κ1) is 15.1. The first-order valence-corrected chi connectivity index (χ1v) is 8.88. The molecule has 2 aliphatic rings. The number of hydrogen-bond acceptors (Lipinski definition) is 1. The van der Waals surface area contributed by atoms with Crippen molar-refractivity contribution in [3.63, 3.8) is 0 Å². The van der Waals surface area contributed by atoms with Crippen LogP contribution in [0.25, 0.3) is 0 Å². The second-order valence-corrected chi connectivity index (χ2v) is 7.84. The SMILES string of the molecule is CC(C)CC1(C(O)Cc2ccc3c(c2)CCC3)CCCC1. The summed E-state index contributed by atoms with van der Waals surface area (Å²) in [6.07, 6.45) is 10.7. The van der Waals surface area contributed by atoms with Crippen LogP contribution in [-0.4, -0.2) is 11.2 Å². The molecule has 0 radical (unpaired) electrons. The van der Waals surface area contributed by atoms with E-state index < -0.39 is 0 Å². The molecule has 1 nitrogen and oxygen atoms in total. The molecule has 1 N–H and O–H groups in total. The number of aliphatic hydroxyl groups is 1. The van der Waals surface area contributed by atoms with Gasteiger partial charge in [-0.25, -0.2) is 0 Å². The van der Waals surface area contributed by atoms with E-state index in [1.54, 1.807) is 0 Å². The van der Waals surface area contributed by atoms with Crippen LogP contribution in [0.1, 0.15) is 69.1 Å². The van der Waals surface area contributed by atoms with Crippen molar-refractivity contribution in [3.8, 4) is 0 Å². The third-order valence-electron chi connectivity index (χ3n) is 5.71. The van der Waals surface area contributed by atoms with Crippen LogP contribution >= 0.6 is 0 Å². The fraction of sp³-hybridized carbons (Fsp3) is 0.700. The molecule has 0 aliphatic heterocycles. The van der Waals surface area contributed by atoms with E-state index in [0.29, 0.717) is 5.92 Å². The van der Waals surface area contributed by atoms with Crippen LogP contribution in [0, 0.1) is 11.3 Å². The second kappa shape index (κ2) is 6.12. The molecule has 3 rings (SSSR count). The van der Waals surface area contributed by atoms with E-state index >= 15 is 0 Å². The number of fused-ring (bicyclic) bond motifs is 1. The van der Waals surface area contributed by atoms with E-state index in [1.165, 1.54) is 68.1 Å². The van der Waals surface area contributed by atoms with Crippen molar-refractivity contribution in [1.29, 1.82) is 0 Å². The van der Waals surface area contributed by atoms with E-state index in [4.69, 9.17) is 0 Å². The van der Waals surface area contributed by atoms with Crippen LogP contribution in [-0.2, 0) is 19.3 Å². The smallest absolute Gasteiger partial charge is 0.0636 e. The predicted octanol–water partition coefficient (Wildman–Crippen LogP) is 4.69. The number of rotatable bonds is 5. The highest BCUT2D eigenvalue weighted by atomic mass is 16.3. The molecule has 0 spiro atoms. The zero-order valence-electron chi connectivity index (χ0n) is 13.7. The third kappa shape index (κ3) is 3.18. The van der Waals surface area contributed by atoms with Crippen molar-refractivity contribution in [2.75, 3.05) is 0 Å². The average Bonchev–Trinajstić information content (AvgIpc) is 3.06. The van der Waals surface area contributed by atoms with E-state index in [2.05, 4.69) is 32.0 Å². The topological polar surface area (TPSA) is 20.2 Å². The van der Waals surface area contributed by atoms with Gasteiger partial charge >= 0.3 is 0 Å². The van der Waals surface area contributed by atoms with Crippen molar-refractivity contribution in [2.24, 2.45) is 11.3 Å². The lowest BCUT2D eigenvalue weighted by atomic mass is 9.72. The van der Waals surface area contributed by atoms with Gasteiger partial charge in [-0.1, -0.05) is 44.9 Å². The molecule has 1 unspecified atom stereocenters. The van der Waals surface area contributed by atoms with Gasteiger partial charge in [0.15, 0.2) is 0 Å². The molecular weight excluding hydrogens is 256 g/mol. The predicted molar refractivity (Wildman–Crippen MR) is 88.5 cm³/mol. The Morgan fingerprint density at radius 3 is 2.48 bits per heavy atom. The van der Waals surface area contributed by atoms with Crippen LogP contribution in [0.2, 0.25) is 0 Å². The van der Waals surface area contributed by atoms with E-state index in [1.807, 2.05) is 0 Å². The molecular formula is C20H30O. The highest BCUT2D eigenvalue weighted by Gasteiger charge is 2.40. The fourth-order valence-corrected chi connectivity index (χ4v) is 4.76. The minimum absolute atomic E-state index is 0.165. The van der Waals surface area contributed by atoms with Gasteiger partial charge in [0.2, 0.25) is 0 Å². The maximum atomic E-state index is 11.0. The van der Waals surface area contributed by atoms with Crippen LogP contribution in [0.3, 0.4) is 0 Å². The monoisotopic (exact) mass is 286 g/mol. The lowest BCUT2D eigenvalue weighted by Gasteiger charge is -2.36. The number of aryl methyl sites for hydroxylation is 2. The summed E-state index contributed by atoms with van der Waals surface area (Å²) in [5.41, 5.74) is 4.60. The zero-order valence-corrected chi connectivity index (χ0v) is 13.7. The lowest BCUT2D eigenvalue weighted by Crippen LogP contribution is -2.35. The maximum Gasteiger partial charge on any atom is 0.0636 e. The number of aliphatic hydroxyl groups excluding tert-OH is 1. The van der Waals surface area contributed by atoms with Crippen molar-refractivity contribution in [2.45, 2.75) is 77.7 Å². The van der Waals surface area contributed by atoms with E-state index in [-0.39, 0.29) is 11.5 Å². The molecule has 0 heterocycles. The number of benzene rings is 1. The Morgan fingerprint density at radius 2 is 1.76 bits per heavy atom. The van der Waals surface area contributed by atoms with Crippen molar-refractivity contribution >= 4 is 0 Å². The van der Waals surface area contributed by atoms with Gasteiger partial charge in [-0.2, -0.15) is 0 Å². The molecule has 1 heteroatoms. The normalized spacial score (nSPS) is 21.7. The molecule has 0 aromatic heterocycles. The summed E-state index contributed by atoms with van der Waals surface area (Å²) in [4.78, 5) is 0. The Hall–Kier alpha value is -0.820. The van der Waals surface area contributed by atoms with Crippen LogP contribution < -0.4 is 0 Å². The molecule has 1 aromatic carbocycles. The van der Waals surface area contributed by atoms with Crippen LogP contribution in [0.5, 0.6) is 0 Å². The minimum atomic E-state index is -0.165. The first-order valence-electron chi connectivity index (χ1n) is 8.88. The highest BCUT2D eigenvalue weighted by Crippen LogP contribution is 2.46. The Balaban J connectivity index is 1.73. The van der Waals surface area contributed by atoms with Gasteiger partial charge in [-0.05, 0) is 73.0 Å². The van der Waals surface area contributed by atoms with Gasteiger partial charge in [0.1, 0.15) is 0 Å². The average molecular weight is 286 g/mol. The summed E-state index contributed by atoms with van der Waals surface area (Å²) in [7, 11) is 0. The second-order valence-electron chi connectivity index (χ2n) is 7.84. The Labute approximate surface area is 129 Å². The van der Waals surface area contributed by atoms with E-state index in [0.717, 1.165) is 6.42 Å². The van der Waals surface area contributed by atoms with Gasteiger partial charge in [-0.3, -0.25) is 0 Å². The molecule has 1 aromatic rings. The quantitative estimate of drug-likeness (QED) is 0.833. The number of hydrogen-bond donors (Lipinski definition) is 1. The summed E-state index contributed by atoms with van der Waals surface area (Å²) in [6.45, 7) is 4.59. The van der Waals surface area contributed by atoms with Crippen molar-refractivity contribution in [3.05, 3.63) is 34.9 Å². The van der Waals surface area contributed by atoms with Crippen LogP contribution in [0.15, 0.2) is 18.2 Å². The third-order valence-corrected chi connectivity index (χ3v) is 5.71. The van der Waals surface area contributed by atoms with Crippen molar-refractivity contribution in [1.82, 2.24) is 0 Å². The molecule has 1 atom stereocenters. The molecule has 2 aliphatic carbocycles. The van der Waals surface area contributed by atoms with Gasteiger partial charge in [0, 0.05) is 0 Å². The molecule has 0 saturated heterocycles. The molecule has 0 amide bonds. The highest BCUT2D eigenvalue weighted by molar-refractivity contribution is 5.35. The Bertz CT molecular complexity index is 483. The summed E-state index contributed by atoms with van der Waals surface area (Å²) < 4.78 is 0. The molecule has 0 bridgehead atoms. The van der Waals surface area contributed by atoms with Crippen LogP contribution in [0.4, 0.5) is 0 Å². The summed E-state index contributed by atoms with van der Waals surface area (Å²) >= 11 is 0. The van der Waals surface area contributed by atoms with Gasteiger partial charge < -0.3 is 5.11 Å². The van der Waals surface area contributed by atoms with Crippen molar-refractivity contribution < 1.29 is 5.11 Å². The lowest BCUT2D eigenvalue weighted by molar-refractivity contribution is 0.0134.